The fraction of sp³-hybridized carbons (Fsp3) is 0.364. The highest BCUT2D eigenvalue weighted by molar-refractivity contribution is 7.92. The number of halogens is 3. The molecule has 1 N–H and O–H groups in total. The molecular weight excluding hydrogens is 492 g/mol. The van der Waals surface area contributed by atoms with Gasteiger partial charge in [-0.3, -0.25) is 13.9 Å². The second-order valence-corrected chi connectivity index (χ2v) is 10.6. The third kappa shape index (κ3) is 7.31. The zero-order valence-electron chi connectivity index (χ0n) is 18.7. The Hall–Kier alpha value is -2.36. The highest BCUT2D eigenvalue weighted by Crippen LogP contribution is 2.25. The lowest BCUT2D eigenvalue weighted by atomic mass is 10.1. The number of carbonyl (C=O) groups excluding carboxylic acids is 2. The van der Waals surface area contributed by atoms with Crippen molar-refractivity contribution in [3.05, 3.63) is 63.9 Å². The van der Waals surface area contributed by atoms with Gasteiger partial charge in [0.15, 0.2) is 0 Å². The summed E-state index contributed by atoms with van der Waals surface area (Å²) in [5, 5.41) is 3.33. The number of hydrogen-bond acceptors (Lipinski definition) is 4. The number of anilines is 1. The van der Waals surface area contributed by atoms with Crippen molar-refractivity contribution in [3.63, 3.8) is 0 Å². The third-order valence-corrected chi connectivity index (χ3v) is 6.60. The lowest BCUT2D eigenvalue weighted by Crippen LogP contribution is -2.52. The average Bonchev–Trinajstić information content (AvgIpc) is 2.71. The largest absolute Gasteiger partial charge is 0.352 e. The van der Waals surface area contributed by atoms with E-state index in [0.29, 0.717) is 14.9 Å². The lowest BCUT2D eigenvalue weighted by Gasteiger charge is -2.32. The number of para-hydroxylation sites is 1. The Morgan fingerprint density at radius 2 is 1.70 bits per heavy atom. The van der Waals surface area contributed by atoms with Crippen molar-refractivity contribution in [2.24, 2.45) is 0 Å². The molecule has 11 heteroatoms. The topological polar surface area (TPSA) is 86.8 Å². The normalized spacial score (nSPS) is 12.4. The number of hydrogen-bond donors (Lipinski definition) is 1. The number of rotatable bonds is 9. The van der Waals surface area contributed by atoms with Gasteiger partial charge in [0, 0.05) is 12.6 Å². The minimum absolute atomic E-state index is 0.0444. The molecule has 0 unspecified atom stereocenters. The standard InChI is InChI=1S/C22H26Cl2FN3O4S/c1-14(2)26-22(30)15(3)27(12-16-9-10-17(23)18(24)11-16)21(29)13-28(33(4,31)32)20-8-6-5-7-19(20)25/h5-11,14-15H,12-13H2,1-4H3,(H,26,30)/t15-/m1/s1. The summed E-state index contributed by atoms with van der Waals surface area (Å²) in [4.78, 5) is 27.2. The molecule has 0 heterocycles. The Morgan fingerprint density at radius 3 is 2.24 bits per heavy atom. The summed E-state index contributed by atoms with van der Waals surface area (Å²) in [6.07, 6.45) is 0.880. The Labute approximate surface area is 203 Å². The van der Waals surface area contributed by atoms with Crippen LogP contribution in [0, 0.1) is 5.82 Å². The van der Waals surface area contributed by atoms with E-state index >= 15 is 0 Å². The molecule has 0 spiro atoms. The maximum atomic E-state index is 14.4. The first kappa shape index (κ1) is 26.9. The molecule has 7 nitrogen and oxygen atoms in total. The van der Waals surface area contributed by atoms with Crippen molar-refractivity contribution in [3.8, 4) is 0 Å². The van der Waals surface area contributed by atoms with E-state index in [1.807, 2.05) is 0 Å². The van der Waals surface area contributed by atoms with Crippen LogP contribution in [0.3, 0.4) is 0 Å². The van der Waals surface area contributed by atoms with E-state index in [4.69, 9.17) is 23.2 Å². The van der Waals surface area contributed by atoms with Gasteiger partial charge in [-0.2, -0.15) is 0 Å². The van der Waals surface area contributed by atoms with Gasteiger partial charge in [0.1, 0.15) is 18.4 Å². The number of nitrogens with zero attached hydrogens (tertiary/aromatic N) is 2. The van der Waals surface area contributed by atoms with Crippen LogP contribution in [0.1, 0.15) is 26.3 Å². The van der Waals surface area contributed by atoms with Crippen LogP contribution < -0.4 is 9.62 Å². The minimum Gasteiger partial charge on any atom is -0.352 e. The van der Waals surface area contributed by atoms with Gasteiger partial charge in [0.05, 0.1) is 22.0 Å². The molecule has 0 aliphatic rings. The summed E-state index contributed by atoms with van der Waals surface area (Å²) >= 11 is 12.1. The molecule has 33 heavy (non-hydrogen) atoms. The summed E-state index contributed by atoms with van der Waals surface area (Å²) in [5.41, 5.74) is 0.320. The zero-order chi connectivity index (χ0) is 24.9. The molecule has 2 rings (SSSR count). The van der Waals surface area contributed by atoms with Crippen molar-refractivity contribution in [1.29, 1.82) is 0 Å². The van der Waals surface area contributed by atoms with Gasteiger partial charge >= 0.3 is 0 Å². The fourth-order valence-electron chi connectivity index (χ4n) is 3.07. The van der Waals surface area contributed by atoms with Crippen LogP contribution in [0.2, 0.25) is 10.0 Å². The average molecular weight is 518 g/mol. The van der Waals surface area contributed by atoms with Crippen molar-refractivity contribution < 1.29 is 22.4 Å². The predicted octanol–water partition coefficient (Wildman–Crippen LogP) is 3.84. The van der Waals surface area contributed by atoms with Crippen LogP contribution in [-0.2, 0) is 26.2 Å². The molecule has 0 saturated heterocycles. The number of amides is 2. The number of benzene rings is 2. The molecule has 0 fully saturated rings. The summed E-state index contributed by atoms with van der Waals surface area (Å²) < 4.78 is 39.9. The van der Waals surface area contributed by atoms with E-state index in [-0.39, 0.29) is 23.3 Å². The number of sulfonamides is 1. The van der Waals surface area contributed by atoms with Gasteiger partial charge in [-0.05, 0) is 50.6 Å². The Kier molecular flexibility index (Phi) is 9.11. The van der Waals surface area contributed by atoms with E-state index in [2.05, 4.69) is 5.32 Å². The summed E-state index contributed by atoms with van der Waals surface area (Å²) in [5.74, 6) is -1.91. The molecule has 1 atom stereocenters. The van der Waals surface area contributed by atoms with Crippen LogP contribution in [0.25, 0.3) is 0 Å². The monoisotopic (exact) mass is 517 g/mol. The van der Waals surface area contributed by atoms with Gasteiger partial charge in [-0.15, -0.1) is 0 Å². The summed E-state index contributed by atoms with van der Waals surface area (Å²) in [6.45, 7) is 4.34. The van der Waals surface area contributed by atoms with E-state index in [0.717, 1.165) is 12.3 Å². The van der Waals surface area contributed by atoms with Crippen LogP contribution in [0.5, 0.6) is 0 Å². The van der Waals surface area contributed by atoms with Gasteiger partial charge in [-0.1, -0.05) is 41.4 Å². The first-order valence-electron chi connectivity index (χ1n) is 10.1. The van der Waals surface area contributed by atoms with E-state index < -0.39 is 40.2 Å². The van der Waals surface area contributed by atoms with E-state index in [9.17, 15) is 22.4 Å². The molecule has 0 radical (unpaired) electrons. The highest BCUT2D eigenvalue weighted by atomic mass is 35.5. The van der Waals surface area contributed by atoms with Gasteiger partial charge in [0.2, 0.25) is 21.8 Å². The Balaban J connectivity index is 2.43. The van der Waals surface area contributed by atoms with Gasteiger partial charge in [0.25, 0.3) is 0 Å². The van der Waals surface area contributed by atoms with Gasteiger partial charge < -0.3 is 10.2 Å². The number of carbonyl (C=O) groups is 2. The second kappa shape index (κ2) is 11.2. The van der Waals surface area contributed by atoms with Crippen LogP contribution in [0.4, 0.5) is 10.1 Å². The first-order valence-corrected chi connectivity index (χ1v) is 12.7. The van der Waals surface area contributed by atoms with Crippen molar-refractivity contribution >= 4 is 50.7 Å². The minimum atomic E-state index is -4.01. The van der Waals surface area contributed by atoms with Crippen molar-refractivity contribution in [2.75, 3.05) is 17.1 Å². The van der Waals surface area contributed by atoms with Crippen LogP contribution >= 0.6 is 23.2 Å². The molecule has 0 saturated carbocycles. The number of nitrogens with one attached hydrogen (secondary N) is 1. The van der Waals surface area contributed by atoms with Crippen molar-refractivity contribution in [1.82, 2.24) is 10.2 Å². The van der Waals surface area contributed by atoms with E-state index in [1.165, 1.54) is 30.0 Å². The molecule has 2 amide bonds. The molecule has 2 aromatic rings. The molecule has 0 aromatic heterocycles. The molecule has 0 aliphatic carbocycles. The fourth-order valence-corrected chi connectivity index (χ4v) is 4.24. The SMILES string of the molecule is CC(C)NC(=O)[C@@H](C)N(Cc1ccc(Cl)c(Cl)c1)C(=O)CN(c1ccccc1F)S(C)(=O)=O. The second-order valence-electron chi connectivity index (χ2n) is 7.83. The van der Waals surface area contributed by atoms with Crippen LogP contribution in [0.15, 0.2) is 42.5 Å². The Bertz CT molecular complexity index is 1130. The summed E-state index contributed by atoms with van der Waals surface area (Å²) in [6, 6.07) is 8.89. The smallest absolute Gasteiger partial charge is 0.244 e. The quantitative estimate of drug-likeness (QED) is 0.547. The zero-order valence-corrected chi connectivity index (χ0v) is 21.0. The maximum absolute atomic E-state index is 14.4. The van der Waals surface area contributed by atoms with E-state index in [1.54, 1.807) is 32.0 Å². The van der Waals surface area contributed by atoms with Crippen LogP contribution in [-0.4, -0.2) is 50.0 Å². The molecule has 0 bridgehead atoms. The first-order chi connectivity index (χ1) is 15.3. The third-order valence-electron chi connectivity index (χ3n) is 4.74. The van der Waals surface area contributed by atoms with Gasteiger partial charge in [-0.25, -0.2) is 12.8 Å². The highest BCUT2D eigenvalue weighted by Gasteiger charge is 2.31. The van der Waals surface area contributed by atoms with Crippen molar-refractivity contribution in [2.45, 2.75) is 39.4 Å². The molecule has 180 valence electrons. The Morgan fingerprint density at radius 1 is 1.06 bits per heavy atom. The summed E-state index contributed by atoms with van der Waals surface area (Å²) in [7, 11) is -4.01. The molecular formula is C22H26Cl2FN3O4S. The molecule has 0 aliphatic heterocycles. The lowest BCUT2D eigenvalue weighted by molar-refractivity contribution is -0.139. The molecule has 2 aromatic carbocycles. The maximum Gasteiger partial charge on any atom is 0.244 e. The predicted molar refractivity (Wildman–Crippen MR) is 128 cm³/mol.